The van der Waals surface area contributed by atoms with Crippen molar-refractivity contribution in [1.29, 1.82) is 0 Å². The van der Waals surface area contributed by atoms with E-state index in [4.69, 9.17) is 4.98 Å². The standard InChI is InChI=1S/C31H24N4S2/c36-21-35(22-37)27-15-11-24(12-16-27)8-7-23-9-13-25(14-10-23)26-19-30(28-5-1-3-17-32-28)34-31(20-26)29-6-2-4-18-33-29/h1-6,9-20,36-37H,21-22H2. The van der Waals surface area contributed by atoms with Crippen LogP contribution in [-0.4, -0.2) is 26.7 Å². The topological polar surface area (TPSA) is 41.9 Å². The molecule has 5 rings (SSSR count). The third-order valence-corrected chi connectivity index (χ3v) is 6.51. The van der Waals surface area contributed by atoms with Crippen molar-refractivity contribution in [2.24, 2.45) is 0 Å². The maximum Gasteiger partial charge on any atom is 0.0900 e. The van der Waals surface area contributed by atoms with Gasteiger partial charge in [0.2, 0.25) is 0 Å². The molecule has 0 aliphatic carbocycles. The molecular formula is C31H24N4S2. The Morgan fingerprint density at radius 1 is 0.568 bits per heavy atom. The minimum absolute atomic E-state index is 0.616. The van der Waals surface area contributed by atoms with Crippen LogP contribution >= 0.6 is 25.3 Å². The molecule has 0 unspecified atom stereocenters. The van der Waals surface area contributed by atoms with Crippen molar-refractivity contribution >= 4 is 30.9 Å². The van der Waals surface area contributed by atoms with Crippen molar-refractivity contribution < 1.29 is 0 Å². The van der Waals surface area contributed by atoms with Gasteiger partial charge >= 0.3 is 0 Å². The summed E-state index contributed by atoms with van der Waals surface area (Å²) in [6, 6.07) is 32.2. The van der Waals surface area contributed by atoms with Crippen LogP contribution in [0.25, 0.3) is 33.9 Å². The Hall–Kier alpha value is -4.05. The first kappa shape index (κ1) is 24.6. The summed E-state index contributed by atoms with van der Waals surface area (Å²) in [6.45, 7) is 0. The van der Waals surface area contributed by atoms with Gasteiger partial charge in [0.15, 0.2) is 0 Å². The second kappa shape index (κ2) is 11.8. The van der Waals surface area contributed by atoms with Gasteiger partial charge in [0.1, 0.15) is 0 Å². The molecule has 3 heterocycles. The summed E-state index contributed by atoms with van der Waals surface area (Å²) in [7, 11) is 0. The zero-order chi connectivity index (χ0) is 25.5. The van der Waals surface area contributed by atoms with E-state index in [0.29, 0.717) is 11.8 Å². The van der Waals surface area contributed by atoms with Crippen LogP contribution in [-0.2, 0) is 0 Å². The SMILES string of the molecule is SCN(CS)c1ccc(C#Cc2ccc(-c3cc(-c4ccccn4)nc(-c4ccccn4)c3)cc2)cc1. The normalized spacial score (nSPS) is 10.4. The lowest BCUT2D eigenvalue weighted by Gasteiger charge is -2.19. The Labute approximate surface area is 228 Å². The van der Waals surface area contributed by atoms with Crippen molar-refractivity contribution in [2.45, 2.75) is 0 Å². The summed E-state index contributed by atoms with van der Waals surface area (Å²) in [5.74, 6) is 7.75. The maximum absolute atomic E-state index is 4.85. The minimum atomic E-state index is 0.616. The van der Waals surface area contributed by atoms with Crippen LogP contribution in [0.1, 0.15) is 11.1 Å². The lowest BCUT2D eigenvalue weighted by Crippen LogP contribution is -2.18. The highest BCUT2D eigenvalue weighted by Crippen LogP contribution is 2.29. The van der Waals surface area contributed by atoms with Crippen molar-refractivity contribution in [3.05, 3.63) is 121 Å². The molecule has 0 spiro atoms. The second-order valence-electron chi connectivity index (χ2n) is 8.25. The van der Waals surface area contributed by atoms with E-state index in [1.807, 2.05) is 72.8 Å². The van der Waals surface area contributed by atoms with Crippen LogP contribution in [0.5, 0.6) is 0 Å². The van der Waals surface area contributed by atoms with Gasteiger partial charge in [-0.2, -0.15) is 25.3 Å². The quantitative estimate of drug-likeness (QED) is 0.147. The van der Waals surface area contributed by atoms with E-state index < -0.39 is 0 Å². The van der Waals surface area contributed by atoms with Gasteiger partial charge in [0.05, 0.1) is 34.5 Å². The van der Waals surface area contributed by atoms with E-state index in [1.165, 1.54) is 0 Å². The van der Waals surface area contributed by atoms with Gasteiger partial charge in [-0.3, -0.25) is 9.97 Å². The first-order valence-corrected chi connectivity index (χ1v) is 13.0. The predicted octanol–water partition coefficient (Wildman–Crippen LogP) is 6.85. The molecule has 0 bridgehead atoms. The maximum atomic E-state index is 4.85. The van der Waals surface area contributed by atoms with Crippen molar-refractivity contribution in [3.63, 3.8) is 0 Å². The van der Waals surface area contributed by atoms with Crippen LogP contribution in [0.4, 0.5) is 5.69 Å². The van der Waals surface area contributed by atoms with Gasteiger partial charge in [-0.1, -0.05) is 36.1 Å². The third kappa shape index (κ3) is 6.03. The van der Waals surface area contributed by atoms with E-state index in [9.17, 15) is 0 Å². The highest BCUT2D eigenvalue weighted by molar-refractivity contribution is 7.81. The minimum Gasteiger partial charge on any atom is -0.354 e. The van der Waals surface area contributed by atoms with Crippen molar-refractivity contribution in [1.82, 2.24) is 15.0 Å². The van der Waals surface area contributed by atoms with Gasteiger partial charge in [0, 0.05) is 29.2 Å². The number of thiol groups is 2. The van der Waals surface area contributed by atoms with E-state index in [2.05, 4.69) is 76.2 Å². The molecule has 0 amide bonds. The summed E-state index contributed by atoms with van der Waals surface area (Å²) < 4.78 is 0. The number of pyridine rings is 3. The monoisotopic (exact) mass is 516 g/mol. The number of hydrogen-bond donors (Lipinski definition) is 2. The molecule has 180 valence electrons. The number of aromatic nitrogens is 3. The summed E-state index contributed by atoms with van der Waals surface area (Å²) in [4.78, 5) is 15.9. The number of nitrogens with zero attached hydrogens (tertiary/aromatic N) is 4. The summed E-state index contributed by atoms with van der Waals surface area (Å²) in [5.41, 5.74) is 8.36. The lowest BCUT2D eigenvalue weighted by molar-refractivity contribution is 1.07. The second-order valence-corrected chi connectivity index (χ2v) is 8.82. The molecule has 2 aromatic carbocycles. The number of anilines is 1. The fraction of sp³-hybridized carbons (Fsp3) is 0.0645. The third-order valence-electron chi connectivity index (χ3n) is 5.82. The van der Waals surface area contributed by atoms with E-state index in [-0.39, 0.29) is 0 Å². The van der Waals surface area contributed by atoms with E-state index in [1.54, 1.807) is 12.4 Å². The first-order valence-electron chi connectivity index (χ1n) is 11.8. The molecule has 4 nitrogen and oxygen atoms in total. The molecule has 0 saturated heterocycles. The van der Waals surface area contributed by atoms with Gasteiger partial charge in [-0.15, -0.1) is 0 Å². The van der Waals surface area contributed by atoms with Crippen molar-refractivity contribution in [3.8, 4) is 45.7 Å². The number of rotatable bonds is 6. The molecule has 37 heavy (non-hydrogen) atoms. The lowest BCUT2D eigenvalue weighted by atomic mass is 10.0. The molecule has 0 aliphatic heterocycles. The summed E-state index contributed by atoms with van der Waals surface area (Å²) in [6.07, 6.45) is 3.56. The number of benzene rings is 2. The largest absolute Gasteiger partial charge is 0.354 e. The Kier molecular flexibility index (Phi) is 7.85. The fourth-order valence-corrected chi connectivity index (χ4v) is 4.53. The molecule has 0 aliphatic rings. The predicted molar refractivity (Wildman–Crippen MR) is 159 cm³/mol. The van der Waals surface area contributed by atoms with Crippen LogP contribution in [0.3, 0.4) is 0 Å². The van der Waals surface area contributed by atoms with Crippen molar-refractivity contribution in [2.75, 3.05) is 16.7 Å². The van der Waals surface area contributed by atoms with E-state index >= 15 is 0 Å². The zero-order valence-electron chi connectivity index (χ0n) is 20.0. The Morgan fingerprint density at radius 3 is 1.54 bits per heavy atom. The summed E-state index contributed by atoms with van der Waals surface area (Å²) in [5, 5.41) is 0. The van der Waals surface area contributed by atoms with Crippen LogP contribution in [0.2, 0.25) is 0 Å². The van der Waals surface area contributed by atoms with Crippen LogP contribution in [0, 0.1) is 11.8 Å². The molecule has 6 heteroatoms. The molecular weight excluding hydrogens is 493 g/mol. The average molecular weight is 517 g/mol. The highest BCUT2D eigenvalue weighted by Gasteiger charge is 2.10. The molecule has 0 fully saturated rings. The first-order chi connectivity index (χ1) is 18.2. The molecule has 0 radical (unpaired) electrons. The molecule has 3 aromatic heterocycles. The van der Waals surface area contributed by atoms with Gasteiger partial charge in [0.25, 0.3) is 0 Å². The molecule has 0 saturated carbocycles. The number of hydrogen-bond acceptors (Lipinski definition) is 6. The Morgan fingerprint density at radius 2 is 1.08 bits per heavy atom. The van der Waals surface area contributed by atoms with Gasteiger partial charge in [-0.25, -0.2) is 4.98 Å². The van der Waals surface area contributed by atoms with Gasteiger partial charge in [-0.05, 0) is 83.9 Å². The fourth-order valence-electron chi connectivity index (χ4n) is 3.84. The van der Waals surface area contributed by atoms with Crippen LogP contribution < -0.4 is 4.90 Å². The smallest absolute Gasteiger partial charge is 0.0900 e. The average Bonchev–Trinajstić information content (AvgIpc) is 2.98. The highest BCUT2D eigenvalue weighted by atomic mass is 32.1. The van der Waals surface area contributed by atoms with Gasteiger partial charge < -0.3 is 4.90 Å². The molecule has 0 N–H and O–H groups in total. The zero-order valence-corrected chi connectivity index (χ0v) is 21.8. The van der Waals surface area contributed by atoms with Crippen LogP contribution in [0.15, 0.2) is 109 Å². The Bertz CT molecular complexity index is 1460. The Balaban J connectivity index is 1.43. The van der Waals surface area contributed by atoms with E-state index in [0.717, 1.165) is 50.7 Å². The molecule has 5 aromatic rings. The summed E-state index contributed by atoms with van der Waals surface area (Å²) >= 11 is 8.69. The molecule has 0 atom stereocenters.